The first-order valence-electron chi connectivity index (χ1n) is 12.6. The summed E-state index contributed by atoms with van der Waals surface area (Å²) >= 11 is 9.66. The summed E-state index contributed by atoms with van der Waals surface area (Å²) in [6.07, 6.45) is 0.732. The summed E-state index contributed by atoms with van der Waals surface area (Å²) in [5, 5.41) is 3.25. The van der Waals surface area contributed by atoms with Crippen LogP contribution in [0.1, 0.15) is 38.3 Å². The van der Waals surface area contributed by atoms with Crippen molar-refractivity contribution in [2.24, 2.45) is 0 Å². The molecule has 1 N–H and O–H groups in total. The van der Waals surface area contributed by atoms with E-state index in [2.05, 4.69) is 21.2 Å². The summed E-state index contributed by atoms with van der Waals surface area (Å²) in [5.41, 5.74) is 1.94. The fourth-order valence-corrected chi connectivity index (χ4v) is 5.91. The van der Waals surface area contributed by atoms with Crippen LogP contribution >= 0.6 is 27.5 Å². The van der Waals surface area contributed by atoms with Crippen molar-refractivity contribution in [1.82, 2.24) is 10.2 Å². The number of benzene rings is 3. The number of nitrogens with zero attached hydrogens (tertiary/aromatic N) is 2. The monoisotopic (exact) mass is 633 g/mol. The van der Waals surface area contributed by atoms with E-state index in [-0.39, 0.29) is 29.1 Å². The van der Waals surface area contributed by atoms with Crippen molar-refractivity contribution < 1.29 is 18.0 Å². The fourth-order valence-electron chi connectivity index (χ4n) is 3.88. The van der Waals surface area contributed by atoms with Crippen LogP contribution in [-0.2, 0) is 26.2 Å². The molecule has 0 heterocycles. The average Bonchev–Trinajstić information content (AvgIpc) is 2.89. The molecule has 2 atom stereocenters. The third-order valence-corrected chi connectivity index (χ3v) is 8.91. The van der Waals surface area contributed by atoms with E-state index in [4.69, 9.17) is 11.6 Å². The number of hydrogen-bond donors (Lipinski definition) is 1. The van der Waals surface area contributed by atoms with Crippen LogP contribution < -0.4 is 9.62 Å². The Labute approximate surface area is 244 Å². The van der Waals surface area contributed by atoms with Gasteiger partial charge in [0.1, 0.15) is 12.6 Å². The topological polar surface area (TPSA) is 86.8 Å². The zero-order valence-corrected chi connectivity index (χ0v) is 25.6. The Balaban J connectivity index is 2.03. The maximum atomic E-state index is 13.9. The summed E-state index contributed by atoms with van der Waals surface area (Å²) in [7, 11) is -4.15. The lowest BCUT2D eigenvalue weighted by Crippen LogP contribution is -2.52. The predicted molar refractivity (Wildman–Crippen MR) is 159 cm³/mol. The first kappa shape index (κ1) is 30.7. The number of amides is 2. The second-order valence-electron chi connectivity index (χ2n) is 9.45. The van der Waals surface area contributed by atoms with E-state index in [1.165, 1.54) is 23.1 Å². The molecule has 3 aromatic carbocycles. The van der Waals surface area contributed by atoms with Gasteiger partial charge >= 0.3 is 0 Å². The van der Waals surface area contributed by atoms with Crippen molar-refractivity contribution in [3.63, 3.8) is 0 Å². The molecule has 0 saturated carbocycles. The average molecular weight is 635 g/mol. The summed E-state index contributed by atoms with van der Waals surface area (Å²) in [4.78, 5) is 28.5. The quantitative estimate of drug-likeness (QED) is 0.283. The zero-order valence-electron chi connectivity index (χ0n) is 22.4. The van der Waals surface area contributed by atoms with Gasteiger partial charge in [-0.25, -0.2) is 8.42 Å². The van der Waals surface area contributed by atoms with Crippen LogP contribution in [0.4, 0.5) is 5.69 Å². The lowest BCUT2D eigenvalue weighted by atomic mass is 10.1. The molecule has 0 unspecified atom stereocenters. The van der Waals surface area contributed by atoms with Gasteiger partial charge in [-0.05, 0) is 75.2 Å². The van der Waals surface area contributed by atoms with Gasteiger partial charge in [-0.2, -0.15) is 0 Å². The number of sulfonamides is 1. The van der Waals surface area contributed by atoms with Gasteiger partial charge in [0.15, 0.2) is 0 Å². The van der Waals surface area contributed by atoms with E-state index in [1.807, 2.05) is 45.0 Å². The van der Waals surface area contributed by atoms with Crippen LogP contribution in [0.2, 0.25) is 5.02 Å². The minimum absolute atomic E-state index is 0.0435. The smallest absolute Gasteiger partial charge is 0.264 e. The first-order chi connectivity index (χ1) is 18.4. The van der Waals surface area contributed by atoms with E-state index in [0.29, 0.717) is 5.02 Å². The van der Waals surface area contributed by atoms with Crippen LogP contribution in [0.5, 0.6) is 0 Å². The number of carbonyl (C=O) groups excluding carboxylic acids is 2. The molecule has 0 bridgehead atoms. The Bertz CT molecular complexity index is 1420. The summed E-state index contributed by atoms with van der Waals surface area (Å²) in [6.45, 7) is 6.94. The molecule has 10 heteroatoms. The highest BCUT2D eigenvalue weighted by Gasteiger charge is 2.33. The molecular weight excluding hydrogens is 602 g/mol. The van der Waals surface area contributed by atoms with Gasteiger partial charge < -0.3 is 10.2 Å². The van der Waals surface area contributed by atoms with Gasteiger partial charge in [0.2, 0.25) is 11.8 Å². The Morgan fingerprint density at radius 1 is 1.00 bits per heavy atom. The van der Waals surface area contributed by atoms with Gasteiger partial charge in [0, 0.05) is 22.1 Å². The molecule has 7 nitrogen and oxygen atoms in total. The number of nitrogens with one attached hydrogen (secondary N) is 1. The number of halogens is 2. The van der Waals surface area contributed by atoms with Crippen molar-refractivity contribution in [1.29, 1.82) is 0 Å². The molecule has 0 spiro atoms. The third-order valence-electron chi connectivity index (χ3n) is 6.39. The normalized spacial score (nSPS) is 12.9. The number of carbonyl (C=O) groups is 2. The molecule has 0 aliphatic carbocycles. The first-order valence-corrected chi connectivity index (χ1v) is 15.2. The van der Waals surface area contributed by atoms with Gasteiger partial charge in [-0.1, -0.05) is 70.3 Å². The molecule has 0 aliphatic heterocycles. The minimum atomic E-state index is -4.15. The maximum Gasteiger partial charge on any atom is 0.264 e. The van der Waals surface area contributed by atoms with Crippen LogP contribution in [0.15, 0.2) is 82.2 Å². The summed E-state index contributed by atoms with van der Waals surface area (Å²) in [6, 6.07) is 19.2. The molecule has 39 heavy (non-hydrogen) atoms. The minimum Gasteiger partial charge on any atom is -0.352 e. The van der Waals surface area contributed by atoms with Gasteiger partial charge in [-0.3, -0.25) is 13.9 Å². The van der Waals surface area contributed by atoms with Gasteiger partial charge in [0.05, 0.1) is 10.6 Å². The summed E-state index contributed by atoms with van der Waals surface area (Å²) in [5.74, 6) is -0.846. The van der Waals surface area contributed by atoms with E-state index < -0.39 is 28.5 Å². The highest BCUT2D eigenvalue weighted by Crippen LogP contribution is 2.27. The molecular formula is C29H33BrClN3O4S. The van der Waals surface area contributed by atoms with Crippen LogP contribution in [-0.4, -0.2) is 43.8 Å². The van der Waals surface area contributed by atoms with Crippen LogP contribution in [0, 0.1) is 6.92 Å². The highest BCUT2D eigenvalue weighted by molar-refractivity contribution is 9.10. The van der Waals surface area contributed by atoms with Gasteiger partial charge in [0.25, 0.3) is 10.0 Å². The maximum absolute atomic E-state index is 13.9. The number of rotatable bonds is 11. The van der Waals surface area contributed by atoms with Crippen molar-refractivity contribution in [3.8, 4) is 0 Å². The molecule has 0 radical (unpaired) electrons. The molecule has 0 saturated heterocycles. The molecule has 0 fully saturated rings. The molecule has 0 aromatic heterocycles. The Morgan fingerprint density at radius 3 is 2.28 bits per heavy atom. The number of aryl methyl sites for hydroxylation is 1. The van der Waals surface area contributed by atoms with E-state index in [9.17, 15) is 18.0 Å². The van der Waals surface area contributed by atoms with E-state index in [1.54, 1.807) is 37.3 Å². The van der Waals surface area contributed by atoms with Crippen molar-refractivity contribution >= 4 is 55.1 Å². The molecule has 3 rings (SSSR count). The Kier molecular flexibility index (Phi) is 10.6. The molecule has 0 aliphatic rings. The summed E-state index contributed by atoms with van der Waals surface area (Å²) < 4.78 is 29.5. The van der Waals surface area contributed by atoms with Gasteiger partial charge in [-0.15, -0.1) is 0 Å². The van der Waals surface area contributed by atoms with Crippen LogP contribution in [0.25, 0.3) is 0 Å². The highest BCUT2D eigenvalue weighted by atomic mass is 79.9. The van der Waals surface area contributed by atoms with Crippen molar-refractivity contribution in [2.75, 3.05) is 10.8 Å². The Morgan fingerprint density at radius 2 is 1.67 bits per heavy atom. The SMILES string of the molecule is CC[C@@H](C)NC(=O)[C@@H](C)N(Cc1cccc(Br)c1)C(=O)CN(c1cccc(Cl)c1)S(=O)(=O)c1ccc(C)cc1. The Hall–Kier alpha value is -2.88. The van der Waals surface area contributed by atoms with Crippen molar-refractivity contribution in [3.05, 3.63) is 93.4 Å². The molecule has 208 valence electrons. The second kappa shape index (κ2) is 13.5. The zero-order chi connectivity index (χ0) is 28.7. The fraction of sp³-hybridized carbons (Fsp3) is 0.310. The number of anilines is 1. The van der Waals surface area contributed by atoms with E-state index >= 15 is 0 Å². The predicted octanol–water partition coefficient (Wildman–Crippen LogP) is 5.94. The standard InChI is InChI=1S/C29H33BrClN3O4S/c1-5-21(3)32-29(36)22(4)33(18-23-8-6-9-24(30)16-23)28(35)19-34(26-11-7-10-25(31)17-26)39(37,38)27-14-12-20(2)13-15-27/h6-17,21-22H,5,18-19H2,1-4H3,(H,32,36)/t21-,22-/m1/s1. The molecule has 3 aromatic rings. The molecule has 2 amide bonds. The largest absolute Gasteiger partial charge is 0.352 e. The number of hydrogen-bond acceptors (Lipinski definition) is 4. The lowest BCUT2D eigenvalue weighted by molar-refractivity contribution is -0.139. The third kappa shape index (κ3) is 8.06. The van der Waals surface area contributed by atoms with Crippen LogP contribution in [0.3, 0.4) is 0 Å². The van der Waals surface area contributed by atoms with Crippen molar-refractivity contribution in [2.45, 2.75) is 57.6 Å². The second-order valence-corrected chi connectivity index (χ2v) is 12.7. The lowest BCUT2D eigenvalue weighted by Gasteiger charge is -2.32. The van der Waals surface area contributed by atoms with E-state index in [0.717, 1.165) is 26.3 Å².